The van der Waals surface area contributed by atoms with E-state index >= 15 is 0 Å². The van der Waals surface area contributed by atoms with Crippen molar-refractivity contribution in [2.24, 2.45) is 0 Å². The van der Waals surface area contributed by atoms with E-state index in [9.17, 15) is 4.79 Å². The second-order valence-corrected chi connectivity index (χ2v) is 6.46. The number of hydrogen-bond donors (Lipinski definition) is 0. The molecule has 2 heterocycles. The van der Waals surface area contributed by atoms with E-state index in [1.165, 1.54) is 5.56 Å². The summed E-state index contributed by atoms with van der Waals surface area (Å²) < 4.78 is 16.6. The van der Waals surface area contributed by atoms with Crippen LogP contribution in [0.2, 0.25) is 0 Å². The number of carbonyl (C=O) groups is 1. The van der Waals surface area contributed by atoms with Crippen LogP contribution in [0.5, 0.6) is 17.2 Å². The highest BCUT2D eigenvalue weighted by molar-refractivity contribution is 5.81. The van der Waals surface area contributed by atoms with Crippen LogP contribution in [0.25, 0.3) is 0 Å². The number of ether oxygens (including phenoxy) is 3. The molecule has 0 radical (unpaired) electrons. The molecule has 5 nitrogen and oxygen atoms in total. The van der Waals surface area contributed by atoms with Crippen LogP contribution < -0.4 is 14.2 Å². The van der Waals surface area contributed by atoms with Crippen molar-refractivity contribution in [3.63, 3.8) is 0 Å². The first-order chi connectivity index (χ1) is 12.2. The van der Waals surface area contributed by atoms with Crippen molar-refractivity contribution >= 4 is 5.91 Å². The van der Waals surface area contributed by atoms with Crippen LogP contribution in [0.3, 0.4) is 0 Å². The van der Waals surface area contributed by atoms with Crippen molar-refractivity contribution in [2.45, 2.75) is 25.4 Å². The number of carbonyl (C=O) groups excluding carboxylic acids is 1. The zero-order chi connectivity index (χ0) is 17.2. The molecule has 0 unspecified atom stereocenters. The maximum atomic E-state index is 12.7. The van der Waals surface area contributed by atoms with Crippen LogP contribution in [-0.2, 0) is 4.79 Å². The lowest BCUT2D eigenvalue weighted by Crippen LogP contribution is -2.39. The number of amides is 1. The Labute approximate surface area is 147 Å². The quantitative estimate of drug-likeness (QED) is 0.858. The minimum Gasteiger partial charge on any atom is -0.481 e. The fraction of sp³-hybridized carbons (Fsp3) is 0.350. The predicted molar refractivity (Wildman–Crippen MR) is 93.0 cm³/mol. The summed E-state index contributed by atoms with van der Waals surface area (Å²) in [6.45, 7) is 3.55. The lowest BCUT2D eigenvalue weighted by molar-refractivity contribution is -0.136. The Kier molecular flexibility index (Phi) is 4.22. The maximum Gasteiger partial charge on any atom is 0.263 e. The Morgan fingerprint density at radius 1 is 1.16 bits per heavy atom. The van der Waals surface area contributed by atoms with Crippen molar-refractivity contribution in [2.75, 3.05) is 19.9 Å². The second-order valence-electron chi connectivity index (χ2n) is 6.46. The van der Waals surface area contributed by atoms with Gasteiger partial charge in [0.15, 0.2) is 17.6 Å². The number of para-hydroxylation sites is 1. The van der Waals surface area contributed by atoms with Gasteiger partial charge in [-0.25, -0.2) is 0 Å². The van der Waals surface area contributed by atoms with Gasteiger partial charge in [-0.1, -0.05) is 24.3 Å². The lowest BCUT2D eigenvalue weighted by atomic mass is 9.98. The standard InChI is InChI=1S/C20H21NO4/c1-14(25-17-5-3-2-4-6-17)20(22)21-10-9-16(12-21)15-7-8-18-19(11-15)24-13-23-18/h2-8,11,14,16H,9-10,12-13H2,1H3/t14-,16-/m0/s1. The Bertz CT molecular complexity index is 762. The zero-order valence-corrected chi connectivity index (χ0v) is 14.2. The average Bonchev–Trinajstić information content (AvgIpc) is 3.30. The van der Waals surface area contributed by atoms with Crippen molar-refractivity contribution in [1.82, 2.24) is 4.90 Å². The summed E-state index contributed by atoms with van der Waals surface area (Å²) >= 11 is 0. The number of hydrogen-bond acceptors (Lipinski definition) is 4. The molecule has 2 aromatic carbocycles. The molecule has 2 aliphatic rings. The van der Waals surface area contributed by atoms with E-state index in [0.717, 1.165) is 30.2 Å². The van der Waals surface area contributed by atoms with Gasteiger partial charge in [-0.2, -0.15) is 0 Å². The summed E-state index contributed by atoms with van der Waals surface area (Å²) in [6.07, 6.45) is 0.460. The minimum absolute atomic E-state index is 0.0343. The number of nitrogens with zero attached hydrogens (tertiary/aromatic N) is 1. The third kappa shape index (κ3) is 3.27. The van der Waals surface area contributed by atoms with Crippen molar-refractivity contribution in [3.05, 3.63) is 54.1 Å². The first-order valence-electron chi connectivity index (χ1n) is 8.61. The van der Waals surface area contributed by atoms with Gasteiger partial charge >= 0.3 is 0 Å². The van der Waals surface area contributed by atoms with Gasteiger partial charge in [0.05, 0.1) is 0 Å². The zero-order valence-electron chi connectivity index (χ0n) is 14.2. The van der Waals surface area contributed by atoms with Gasteiger partial charge in [0, 0.05) is 19.0 Å². The smallest absolute Gasteiger partial charge is 0.263 e. The molecular formula is C20H21NO4. The van der Waals surface area contributed by atoms with E-state index in [0.29, 0.717) is 12.5 Å². The predicted octanol–water partition coefficient (Wildman–Crippen LogP) is 3.20. The summed E-state index contributed by atoms with van der Waals surface area (Å²) in [4.78, 5) is 14.6. The molecule has 1 amide bonds. The molecule has 0 saturated carbocycles. The molecule has 25 heavy (non-hydrogen) atoms. The van der Waals surface area contributed by atoms with Gasteiger partial charge in [-0.3, -0.25) is 4.79 Å². The first-order valence-corrected chi connectivity index (χ1v) is 8.61. The number of likely N-dealkylation sites (tertiary alicyclic amines) is 1. The van der Waals surface area contributed by atoms with Gasteiger partial charge in [-0.15, -0.1) is 0 Å². The van der Waals surface area contributed by atoms with Crippen molar-refractivity contribution in [1.29, 1.82) is 0 Å². The van der Waals surface area contributed by atoms with Crippen LogP contribution in [0.15, 0.2) is 48.5 Å². The molecular weight excluding hydrogens is 318 g/mol. The largest absolute Gasteiger partial charge is 0.481 e. The number of benzene rings is 2. The summed E-state index contributed by atoms with van der Waals surface area (Å²) in [5.74, 6) is 2.66. The van der Waals surface area contributed by atoms with E-state index in [1.807, 2.05) is 54.3 Å². The molecule has 0 bridgehead atoms. The number of fused-ring (bicyclic) bond motifs is 1. The van der Waals surface area contributed by atoms with Crippen molar-refractivity contribution < 1.29 is 19.0 Å². The maximum absolute atomic E-state index is 12.7. The molecule has 5 heteroatoms. The molecule has 1 fully saturated rings. The molecule has 130 valence electrons. The fourth-order valence-corrected chi connectivity index (χ4v) is 3.41. The van der Waals surface area contributed by atoms with Crippen LogP contribution in [0.4, 0.5) is 0 Å². The highest BCUT2D eigenvalue weighted by atomic mass is 16.7. The van der Waals surface area contributed by atoms with Crippen LogP contribution in [0.1, 0.15) is 24.8 Å². The van der Waals surface area contributed by atoms with E-state index < -0.39 is 6.10 Å². The summed E-state index contributed by atoms with van der Waals surface area (Å²) in [7, 11) is 0. The molecule has 0 spiro atoms. The molecule has 1 saturated heterocycles. The van der Waals surface area contributed by atoms with Crippen LogP contribution >= 0.6 is 0 Å². The molecule has 4 rings (SSSR count). The SMILES string of the molecule is C[C@H](Oc1ccccc1)C(=O)N1CC[C@H](c2ccc3c(c2)OCO3)C1. The highest BCUT2D eigenvalue weighted by Gasteiger charge is 2.31. The minimum atomic E-state index is -0.488. The van der Waals surface area contributed by atoms with E-state index in [2.05, 4.69) is 6.07 Å². The Balaban J connectivity index is 1.39. The Hall–Kier alpha value is -2.69. The summed E-state index contributed by atoms with van der Waals surface area (Å²) in [6, 6.07) is 15.5. The monoisotopic (exact) mass is 339 g/mol. The lowest BCUT2D eigenvalue weighted by Gasteiger charge is -2.22. The molecule has 0 aliphatic carbocycles. The summed E-state index contributed by atoms with van der Waals surface area (Å²) in [5, 5.41) is 0. The highest BCUT2D eigenvalue weighted by Crippen LogP contribution is 2.37. The van der Waals surface area contributed by atoms with E-state index in [-0.39, 0.29) is 12.7 Å². The van der Waals surface area contributed by atoms with Gasteiger partial charge in [0.25, 0.3) is 5.91 Å². The topological polar surface area (TPSA) is 48.0 Å². The van der Waals surface area contributed by atoms with E-state index in [4.69, 9.17) is 14.2 Å². The molecule has 2 aromatic rings. The average molecular weight is 339 g/mol. The summed E-state index contributed by atoms with van der Waals surface area (Å²) in [5.41, 5.74) is 1.19. The van der Waals surface area contributed by atoms with Gasteiger partial charge < -0.3 is 19.1 Å². The molecule has 0 N–H and O–H groups in total. The van der Waals surface area contributed by atoms with Gasteiger partial charge in [-0.05, 0) is 43.2 Å². The Morgan fingerprint density at radius 2 is 1.96 bits per heavy atom. The third-order valence-corrected chi connectivity index (χ3v) is 4.77. The molecule has 2 aliphatic heterocycles. The van der Waals surface area contributed by atoms with Gasteiger partial charge in [0.1, 0.15) is 5.75 Å². The first kappa shape index (κ1) is 15.8. The molecule has 2 atom stereocenters. The molecule has 0 aromatic heterocycles. The van der Waals surface area contributed by atoms with Crippen LogP contribution in [0, 0.1) is 0 Å². The van der Waals surface area contributed by atoms with E-state index in [1.54, 1.807) is 0 Å². The fourth-order valence-electron chi connectivity index (χ4n) is 3.41. The normalized spacial score (nSPS) is 19.7. The van der Waals surface area contributed by atoms with Crippen LogP contribution in [-0.4, -0.2) is 36.8 Å². The van der Waals surface area contributed by atoms with Gasteiger partial charge in [0.2, 0.25) is 6.79 Å². The third-order valence-electron chi connectivity index (χ3n) is 4.77. The number of rotatable bonds is 4. The second kappa shape index (κ2) is 6.67. The Morgan fingerprint density at radius 3 is 2.80 bits per heavy atom. The van der Waals surface area contributed by atoms with Crippen molar-refractivity contribution in [3.8, 4) is 17.2 Å².